The van der Waals surface area contributed by atoms with E-state index in [2.05, 4.69) is 5.32 Å². The van der Waals surface area contributed by atoms with Gasteiger partial charge in [0.05, 0.1) is 5.97 Å². The number of carboxylic acid groups (broad SMARTS) is 1. The molecule has 1 rings (SSSR count). The third kappa shape index (κ3) is 2.59. The maximum Gasteiger partial charge on any atom is 0.221 e. The summed E-state index contributed by atoms with van der Waals surface area (Å²) >= 11 is 0. The molecule has 1 amide bonds. The van der Waals surface area contributed by atoms with Crippen molar-refractivity contribution in [1.82, 2.24) is 0 Å². The molecule has 68 valence electrons. The normalized spacial score (nSPS) is 9.31. The first kappa shape index (κ1) is 9.25. The minimum Gasteiger partial charge on any atom is -0.545 e. The van der Waals surface area contributed by atoms with Crippen molar-refractivity contribution in [1.29, 1.82) is 0 Å². The summed E-state index contributed by atoms with van der Waals surface area (Å²) in [4.78, 5) is 20.9. The van der Waals surface area contributed by atoms with Crippen molar-refractivity contribution in [3.8, 4) is 0 Å². The summed E-state index contributed by atoms with van der Waals surface area (Å²) in [5.41, 5.74) is 0.659. The Morgan fingerprint density at radius 2 is 1.77 bits per heavy atom. The van der Waals surface area contributed by atoms with Gasteiger partial charge >= 0.3 is 0 Å². The second-order valence-corrected chi connectivity index (χ2v) is 2.55. The zero-order chi connectivity index (χ0) is 9.84. The van der Waals surface area contributed by atoms with E-state index >= 15 is 0 Å². The van der Waals surface area contributed by atoms with Crippen LogP contribution in [0.15, 0.2) is 24.3 Å². The third-order valence-electron chi connectivity index (χ3n) is 1.44. The van der Waals surface area contributed by atoms with Crippen molar-refractivity contribution >= 4 is 17.6 Å². The van der Waals surface area contributed by atoms with Crippen molar-refractivity contribution in [2.75, 3.05) is 5.32 Å². The average Bonchev–Trinajstić information content (AvgIpc) is 2.04. The number of benzene rings is 1. The predicted molar refractivity (Wildman–Crippen MR) is 45.1 cm³/mol. The summed E-state index contributed by atoms with van der Waals surface area (Å²) in [7, 11) is 0. The molecule has 0 unspecified atom stereocenters. The topological polar surface area (TPSA) is 69.2 Å². The van der Waals surface area contributed by atoms with Gasteiger partial charge in [-0.1, -0.05) is 12.1 Å². The van der Waals surface area contributed by atoms with Crippen LogP contribution >= 0.6 is 0 Å². The lowest BCUT2D eigenvalue weighted by molar-refractivity contribution is -0.255. The van der Waals surface area contributed by atoms with Crippen molar-refractivity contribution in [3.05, 3.63) is 29.8 Å². The Morgan fingerprint density at radius 1 is 1.23 bits per heavy atom. The fourth-order valence-corrected chi connectivity index (χ4v) is 0.893. The molecule has 0 heterocycles. The van der Waals surface area contributed by atoms with Gasteiger partial charge < -0.3 is 15.2 Å². The van der Waals surface area contributed by atoms with E-state index in [9.17, 15) is 14.7 Å². The van der Waals surface area contributed by atoms with E-state index in [1.165, 1.54) is 31.2 Å². The minimum absolute atomic E-state index is 0.0918. The molecule has 1 aromatic rings. The van der Waals surface area contributed by atoms with Gasteiger partial charge in [-0.3, -0.25) is 4.79 Å². The van der Waals surface area contributed by atoms with E-state index in [0.29, 0.717) is 5.69 Å². The zero-order valence-electron chi connectivity index (χ0n) is 7.03. The minimum atomic E-state index is -1.23. The summed E-state index contributed by atoms with van der Waals surface area (Å²) in [5.74, 6) is -1.42. The van der Waals surface area contributed by atoms with E-state index in [-0.39, 0.29) is 11.5 Å². The number of aromatic carboxylic acids is 1. The molecule has 0 aliphatic rings. The number of anilines is 1. The molecule has 4 heteroatoms. The molecule has 0 atom stereocenters. The van der Waals surface area contributed by atoms with E-state index in [1.54, 1.807) is 0 Å². The van der Waals surface area contributed by atoms with Gasteiger partial charge in [-0.25, -0.2) is 0 Å². The highest BCUT2D eigenvalue weighted by Gasteiger charge is 1.95. The summed E-state index contributed by atoms with van der Waals surface area (Å²) < 4.78 is 0. The average molecular weight is 178 g/mol. The maximum absolute atomic E-state index is 10.6. The first-order valence-electron chi connectivity index (χ1n) is 3.68. The van der Waals surface area contributed by atoms with Crippen LogP contribution in [0.2, 0.25) is 0 Å². The molecule has 0 aromatic heterocycles. The van der Waals surface area contributed by atoms with Gasteiger partial charge in [-0.05, 0) is 17.7 Å². The Hall–Kier alpha value is -1.84. The van der Waals surface area contributed by atoms with E-state index in [4.69, 9.17) is 0 Å². The van der Waals surface area contributed by atoms with Gasteiger partial charge in [-0.15, -0.1) is 0 Å². The van der Waals surface area contributed by atoms with Crippen LogP contribution in [0.4, 0.5) is 5.69 Å². The molecule has 0 saturated heterocycles. The fourth-order valence-electron chi connectivity index (χ4n) is 0.893. The molecule has 0 bridgehead atoms. The van der Waals surface area contributed by atoms with E-state index in [1.807, 2.05) is 0 Å². The van der Waals surface area contributed by atoms with Crippen LogP contribution in [0, 0.1) is 0 Å². The maximum atomic E-state index is 10.6. The summed E-state index contributed by atoms with van der Waals surface area (Å²) in [6, 6.07) is 5.76. The number of carbonyl (C=O) groups excluding carboxylic acids is 2. The fraction of sp³-hybridized carbons (Fsp3) is 0.111. The van der Waals surface area contributed by atoms with E-state index in [0.717, 1.165) is 0 Å². The smallest absolute Gasteiger partial charge is 0.221 e. The van der Waals surface area contributed by atoms with Crippen LogP contribution in [-0.2, 0) is 4.79 Å². The largest absolute Gasteiger partial charge is 0.545 e. The molecule has 4 nitrogen and oxygen atoms in total. The molecular weight excluding hydrogens is 170 g/mol. The van der Waals surface area contributed by atoms with Gasteiger partial charge in [0.25, 0.3) is 0 Å². The first-order chi connectivity index (χ1) is 6.09. The summed E-state index contributed by atoms with van der Waals surface area (Å²) in [6.45, 7) is 1.38. The number of nitrogens with one attached hydrogen (secondary N) is 1. The second-order valence-electron chi connectivity index (χ2n) is 2.55. The molecule has 0 spiro atoms. The lowest BCUT2D eigenvalue weighted by Gasteiger charge is -2.04. The summed E-state index contributed by atoms with van der Waals surface area (Å²) in [6.07, 6.45) is 0. The predicted octanol–water partition coefficient (Wildman–Crippen LogP) is 0.00850. The van der Waals surface area contributed by atoms with Crippen LogP contribution in [0.3, 0.4) is 0 Å². The molecular formula is C9H8NO3-. The van der Waals surface area contributed by atoms with Crippen molar-refractivity contribution in [2.45, 2.75) is 6.92 Å². The first-order valence-corrected chi connectivity index (χ1v) is 3.68. The SMILES string of the molecule is CC(=O)Nc1ccc(C(=O)[O-])cc1. The summed E-state index contributed by atoms with van der Waals surface area (Å²) in [5, 5.41) is 12.9. The Balaban J connectivity index is 2.81. The van der Waals surface area contributed by atoms with Crippen molar-refractivity contribution in [3.63, 3.8) is 0 Å². The lowest BCUT2D eigenvalue weighted by atomic mass is 10.2. The molecule has 0 aliphatic carbocycles. The number of hydrogen-bond acceptors (Lipinski definition) is 3. The molecule has 0 saturated carbocycles. The standard InChI is InChI=1S/C9H9NO3/c1-6(11)10-8-4-2-7(3-5-8)9(12)13/h2-5H,1H3,(H,10,11)(H,12,13)/p-1. The molecule has 1 N–H and O–H groups in total. The van der Waals surface area contributed by atoms with Gasteiger partial charge in [0.1, 0.15) is 0 Å². The van der Waals surface area contributed by atoms with Gasteiger partial charge in [0.15, 0.2) is 0 Å². The highest BCUT2D eigenvalue weighted by Crippen LogP contribution is 2.08. The Morgan fingerprint density at radius 3 is 2.15 bits per heavy atom. The Labute approximate surface area is 75.2 Å². The number of rotatable bonds is 2. The van der Waals surface area contributed by atoms with Crippen LogP contribution in [-0.4, -0.2) is 11.9 Å². The molecule has 0 fully saturated rings. The Bertz CT molecular complexity index is 329. The highest BCUT2D eigenvalue weighted by molar-refractivity contribution is 5.90. The lowest BCUT2D eigenvalue weighted by Crippen LogP contribution is -2.22. The van der Waals surface area contributed by atoms with Gasteiger partial charge in [-0.2, -0.15) is 0 Å². The zero-order valence-corrected chi connectivity index (χ0v) is 7.03. The molecule has 1 aromatic carbocycles. The quantitative estimate of drug-likeness (QED) is 0.693. The molecule has 0 radical (unpaired) electrons. The second kappa shape index (κ2) is 3.71. The number of amides is 1. The van der Waals surface area contributed by atoms with Crippen LogP contribution in [0.25, 0.3) is 0 Å². The number of carboxylic acids is 1. The van der Waals surface area contributed by atoms with Crippen molar-refractivity contribution < 1.29 is 14.7 Å². The molecule has 0 aliphatic heterocycles. The van der Waals surface area contributed by atoms with Crippen LogP contribution in [0.5, 0.6) is 0 Å². The third-order valence-corrected chi connectivity index (χ3v) is 1.44. The van der Waals surface area contributed by atoms with E-state index < -0.39 is 5.97 Å². The van der Waals surface area contributed by atoms with Crippen molar-refractivity contribution in [2.24, 2.45) is 0 Å². The Kier molecular flexibility index (Phi) is 2.64. The van der Waals surface area contributed by atoms with Crippen LogP contribution in [0.1, 0.15) is 17.3 Å². The number of hydrogen-bond donors (Lipinski definition) is 1. The van der Waals surface area contributed by atoms with Crippen LogP contribution < -0.4 is 10.4 Å². The molecule has 13 heavy (non-hydrogen) atoms. The monoisotopic (exact) mass is 178 g/mol. The van der Waals surface area contributed by atoms with Gasteiger partial charge in [0.2, 0.25) is 5.91 Å². The highest BCUT2D eigenvalue weighted by atomic mass is 16.4. The number of carbonyl (C=O) groups is 2. The van der Waals surface area contributed by atoms with Gasteiger partial charge in [0, 0.05) is 12.6 Å².